The van der Waals surface area contributed by atoms with Crippen LogP contribution in [0.3, 0.4) is 0 Å². The van der Waals surface area contributed by atoms with Crippen molar-refractivity contribution in [1.29, 1.82) is 0 Å². The fraction of sp³-hybridized carbons (Fsp3) is 0.571. The van der Waals surface area contributed by atoms with E-state index in [1.54, 1.807) is 6.92 Å². The Morgan fingerprint density at radius 1 is 1.30 bits per heavy atom. The van der Waals surface area contributed by atoms with Gasteiger partial charge >= 0.3 is 0 Å². The van der Waals surface area contributed by atoms with E-state index in [1.807, 2.05) is 11.8 Å². The topological polar surface area (TPSA) is 55.2 Å². The van der Waals surface area contributed by atoms with Gasteiger partial charge in [0.1, 0.15) is 11.5 Å². The molecule has 0 saturated heterocycles. The monoisotopic (exact) mass is 300 g/mol. The molecule has 0 radical (unpaired) electrons. The van der Waals surface area contributed by atoms with Gasteiger partial charge in [0, 0.05) is 6.54 Å². The van der Waals surface area contributed by atoms with Gasteiger partial charge in [0.25, 0.3) is 5.69 Å². The van der Waals surface area contributed by atoms with Crippen LogP contribution < -0.4 is 5.32 Å². The maximum absolute atomic E-state index is 13.3. The smallest absolute Gasteiger partial charge is 0.295 e. The van der Waals surface area contributed by atoms with Crippen LogP contribution in [0.5, 0.6) is 0 Å². The lowest BCUT2D eigenvalue weighted by atomic mass is 10.1. The molecule has 4 nitrogen and oxygen atoms in total. The average Bonchev–Trinajstić information content (AvgIpc) is 2.41. The fourth-order valence-corrected chi connectivity index (χ4v) is 2.40. The summed E-state index contributed by atoms with van der Waals surface area (Å²) in [5, 5.41) is 13.9. The summed E-state index contributed by atoms with van der Waals surface area (Å²) in [6.45, 7) is 2.28. The van der Waals surface area contributed by atoms with E-state index in [-0.39, 0.29) is 5.69 Å². The highest BCUT2D eigenvalue weighted by atomic mass is 32.2. The molecule has 0 aliphatic heterocycles. The van der Waals surface area contributed by atoms with Crippen LogP contribution in [0, 0.1) is 22.9 Å². The van der Waals surface area contributed by atoms with Crippen molar-refractivity contribution >= 4 is 23.1 Å². The number of halogens is 1. The van der Waals surface area contributed by atoms with Crippen LogP contribution in [-0.4, -0.2) is 23.5 Å². The third kappa shape index (κ3) is 5.36. The molecule has 0 aliphatic carbocycles. The molecule has 1 aromatic carbocycles. The van der Waals surface area contributed by atoms with Gasteiger partial charge in [-0.05, 0) is 43.4 Å². The Balaban J connectivity index is 2.47. The van der Waals surface area contributed by atoms with Crippen LogP contribution in [0.25, 0.3) is 0 Å². The van der Waals surface area contributed by atoms with Gasteiger partial charge in [-0.3, -0.25) is 10.1 Å². The number of anilines is 1. The van der Waals surface area contributed by atoms with Crippen molar-refractivity contribution < 1.29 is 9.31 Å². The Morgan fingerprint density at radius 3 is 2.65 bits per heavy atom. The van der Waals surface area contributed by atoms with Gasteiger partial charge in [-0.15, -0.1) is 0 Å². The molecule has 0 fully saturated rings. The number of aryl methyl sites for hydroxylation is 1. The van der Waals surface area contributed by atoms with Crippen molar-refractivity contribution in [2.24, 2.45) is 0 Å². The van der Waals surface area contributed by atoms with E-state index >= 15 is 0 Å². The molecule has 0 atom stereocenters. The highest BCUT2D eigenvalue weighted by Gasteiger charge is 2.16. The number of thioether (sulfide) groups is 1. The second-order valence-corrected chi connectivity index (χ2v) is 5.70. The van der Waals surface area contributed by atoms with Crippen molar-refractivity contribution in [2.75, 3.05) is 23.9 Å². The second-order valence-electron chi connectivity index (χ2n) is 4.71. The Morgan fingerprint density at radius 2 is 2.00 bits per heavy atom. The highest BCUT2D eigenvalue weighted by molar-refractivity contribution is 7.98. The molecule has 0 amide bonds. The van der Waals surface area contributed by atoms with E-state index in [1.165, 1.54) is 24.7 Å². The first-order valence-electron chi connectivity index (χ1n) is 6.73. The molecular weight excluding hydrogens is 279 g/mol. The first-order valence-corrected chi connectivity index (χ1v) is 8.13. The molecule has 0 aliphatic rings. The normalized spacial score (nSPS) is 10.6. The molecule has 0 aromatic heterocycles. The number of hydrogen-bond donors (Lipinski definition) is 1. The Hall–Kier alpha value is -1.30. The van der Waals surface area contributed by atoms with Crippen molar-refractivity contribution in [3.63, 3.8) is 0 Å². The summed E-state index contributed by atoms with van der Waals surface area (Å²) >= 11 is 1.84. The molecule has 0 unspecified atom stereocenters. The summed E-state index contributed by atoms with van der Waals surface area (Å²) in [5.41, 5.74) is 0.617. The summed E-state index contributed by atoms with van der Waals surface area (Å²) in [6, 6.07) is 2.48. The lowest BCUT2D eigenvalue weighted by Gasteiger charge is -2.08. The minimum atomic E-state index is -0.552. The standard InChI is InChI=1S/C14H21FN2O2S/c1-11-9-13(14(17(18)19)10-12(11)15)16-7-5-3-4-6-8-20-2/h9-10,16H,3-8H2,1-2H3. The minimum Gasteiger partial charge on any atom is -0.379 e. The third-order valence-corrected chi connectivity index (χ3v) is 3.76. The van der Waals surface area contributed by atoms with E-state index in [0.29, 0.717) is 17.8 Å². The van der Waals surface area contributed by atoms with Gasteiger partial charge in [-0.25, -0.2) is 4.39 Å². The Kier molecular flexibility index (Phi) is 7.36. The van der Waals surface area contributed by atoms with Gasteiger partial charge in [0.05, 0.1) is 11.0 Å². The maximum Gasteiger partial charge on any atom is 0.295 e. The fourth-order valence-electron chi connectivity index (χ4n) is 1.91. The molecule has 1 N–H and O–H groups in total. The largest absolute Gasteiger partial charge is 0.379 e. The average molecular weight is 300 g/mol. The number of unbranched alkanes of at least 4 members (excludes halogenated alkanes) is 3. The van der Waals surface area contributed by atoms with E-state index in [0.717, 1.165) is 18.9 Å². The van der Waals surface area contributed by atoms with Crippen molar-refractivity contribution in [2.45, 2.75) is 32.6 Å². The third-order valence-electron chi connectivity index (χ3n) is 3.06. The summed E-state index contributed by atoms with van der Waals surface area (Å²) in [5.74, 6) is 0.634. The SMILES string of the molecule is CSCCCCCCNc1cc(C)c(F)cc1[N+](=O)[O-]. The molecule has 6 heteroatoms. The predicted octanol–water partition coefficient (Wildman–Crippen LogP) is 4.38. The van der Waals surface area contributed by atoms with E-state index in [9.17, 15) is 14.5 Å². The lowest BCUT2D eigenvalue weighted by Crippen LogP contribution is -2.05. The summed E-state index contributed by atoms with van der Waals surface area (Å²) in [4.78, 5) is 10.3. The summed E-state index contributed by atoms with van der Waals surface area (Å²) < 4.78 is 13.3. The summed E-state index contributed by atoms with van der Waals surface area (Å²) in [6.07, 6.45) is 6.53. The Bertz CT molecular complexity index is 455. The quantitative estimate of drug-likeness (QED) is 0.418. The van der Waals surface area contributed by atoms with Gasteiger partial charge in [0.2, 0.25) is 0 Å². The maximum atomic E-state index is 13.3. The molecule has 112 valence electrons. The van der Waals surface area contributed by atoms with E-state index < -0.39 is 10.7 Å². The van der Waals surface area contributed by atoms with Gasteiger partial charge < -0.3 is 5.32 Å². The zero-order valence-corrected chi connectivity index (χ0v) is 12.8. The molecular formula is C14H21FN2O2S. The van der Waals surface area contributed by atoms with Crippen LogP contribution in [0.4, 0.5) is 15.8 Å². The van der Waals surface area contributed by atoms with Crippen LogP contribution in [0.2, 0.25) is 0 Å². The van der Waals surface area contributed by atoms with Gasteiger partial charge in [-0.1, -0.05) is 12.8 Å². The van der Waals surface area contributed by atoms with Crippen LogP contribution in [0.1, 0.15) is 31.2 Å². The summed E-state index contributed by atoms with van der Waals surface area (Å²) in [7, 11) is 0. The van der Waals surface area contributed by atoms with E-state index in [2.05, 4.69) is 11.6 Å². The van der Waals surface area contributed by atoms with Crippen molar-refractivity contribution in [3.05, 3.63) is 33.6 Å². The van der Waals surface area contributed by atoms with Gasteiger partial charge in [0.15, 0.2) is 0 Å². The first-order chi connectivity index (χ1) is 9.56. The van der Waals surface area contributed by atoms with Crippen LogP contribution in [0.15, 0.2) is 12.1 Å². The number of nitro benzene ring substituents is 1. The molecule has 20 heavy (non-hydrogen) atoms. The number of nitrogens with one attached hydrogen (secondary N) is 1. The number of nitro groups is 1. The van der Waals surface area contributed by atoms with Crippen molar-refractivity contribution in [3.8, 4) is 0 Å². The zero-order valence-electron chi connectivity index (χ0n) is 11.9. The molecule has 0 saturated carbocycles. The molecule has 0 bridgehead atoms. The minimum absolute atomic E-state index is 0.199. The van der Waals surface area contributed by atoms with Gasteiger partial charge in [-0.2, -0.15) is 11.8 Å². The highest BCUT2D eigenvalue weighted by Crippen LogP contribution is 2.27. The molecule has 1 rings (SSSR count). The lowest BCUT2D eigenvalue weighted by molar-refractivity contribution is -0.384. The Labute approximate surface area is 123 Å². The van der Waals surface area contributed by atoms with Crippen molar-refractivity contribution in [1.82, 2.24) is 0 Å². The zero-order chi connectivity index (χ0) is 15.0. The number of hydrogen-bond acceptors (Lipinski definition) is 4. The second kappa shape index (κ2) is 8.79. The molecule has 1 aromatic rings. The van der Waals surface area contributed by atoms with Crippen LogP contribution in [-0.2, 0) is 0 Å². The predicted molar refractivity (Wildman–Crippen MR) is 83.1 cm³/mol. The molecule has 0 spiro atoms. The number of rotatable bonds is 9. The number of benzene rings is 1. The van der Waals surface area contributed by atoms with E-state index in [4.69, 9.17) is 0 Å². The number of nitrogens with zero attached hydrogens (tertiary/aromatic N) is 1. The molecule has 0 heterocycles. The first kappa shape index (κ1) is 16.8. The van der Waals surface area contributed by atoms with Crippen LogP contribution >= 0.6 is 11.8 Å².